The molecule has 0 saturated carbocycles. The fraction of sp³-hybridized carbons (Fsp3) is 0.308. The van der Waals surface area contributed by atoms with Gasteiger partial charge in [0.05, 0.1) is 17.2 Å². The Hall–Kier alpha value is -1.69. The largest absolute Gasteiger partial charge is 0.316 e. The molecule has 0 saturated heterocycles. The molecule has 0 unspecified atom stereocenters. The van der Waals surface area contributed by atoms with Gasteiger partial charge in [0, 0.05) is 17.1 Å². The van der Waals surface area contributed by atoms with Crippen LogP contribution in [0.15, 0.2) is 29.2 Å². The first-order chi connectivity index (χ1) is 9.19. The second-order valence-corrected chi connectivity index (χ2v) is 5.14. The van der Waals surface area contributed by atoms with Crippen LogP contribution in [-0.2, 0) is 4.79 Å². The molecule has 0 fully saturated rings. The Morgan fingerprint density at radius 3 is 2.47 bits per heavy atom. The number of carbonyl (C=O) groups excluding carboxylic acids is 1. The number of nitriles is 2. The highest BCUT2D eigenvalue weighted by Gasteiger charge is 2.12. The van der Waals surface area contributed by atoms with Crippen LogP contribution in [-0.4, -0.2) is 29.6 Å². The summed E-state index contributed by atoms with van der Waals surface area (Å²) in [5, 5.41) is 17.8. The van der Waals surface area contributed by atoms with Crippen LogP contribution in [0.4, 0.5) is 0 Å². The summed E-state index contributed by atoms with van der Waals surface area (Å²) in [5.74, 6) is 0.373. The molecule has 1 aromatic carbocycles. The Labute approximate surface area is 121 Å². The molecule has 4 nitrogen and oxygen atoms in total. The number of halogens is 1. The average molecular weight is 294 g/mol. The van der Waals surface area contributed by atoms with E-state index in [2.05, 4.69) is 0 Å². The fourth-order valence-corrected chi connectivity index (χ4v) is 2.55. The summed E-state index contributed by atoms with van der Waals surface area (Å²) in [6.45, 7) is -0.105. The summed E-state index contributed by atoms with van der Waals surface area (Å²) in [6, 6.07) is 11.2. The van der Waals surface area contributed by atoms with Gasteiger partial charge in [0.15, 0.2) is 0 Å². The van der Waals surface area contributed by atoms with Crippen LogP contribution in [0.1, 0.15) is 6.42 Å². The van der Waals surface area contributed by atoms with Gasteiger partial charge in [-0.1, -0.05) is 23.7 Å². The topological polar surface area (TPSA) is 67.9 Å². The van der Waals surface area contributed by atoms with Crippen molar-refractivity contribution in [3.05, 3.63) is 29.3 Å². The molecule has 0 spiro atoms. The van der Waals surface area contributed by atoms with Crippen molar-refractivity contribution in [2.75, 3.05) is 18.8 Å². The van der Waals surface area contributed by atoms with Gasteiger partial charge in [-0.05, 0) is 12.1 Å². The van der Waals surface area contributed by atoms with Gasteiger partial charge in [0.2, 0.25) is 5.91 Å². The maximum Gasteiger partial charge on any atom is 0.225 e. The molecule has 0 aliphatic rings. The van der Waals surface area contributed by atoms with Crippen molar-refractivity contribution in [3.8, 4) is 12.1 Å². The molecular formula is C13H12ClN3OS. The minimum Gasteiger partial charge on any atom is -0.316 e. The van der Waals surface area contributed by atoms with E-state index in [0.29, 0.717) is 10.8 Å². The number of amides is 1. The second kappa shape index (κ2) is 8.42. The van der Waals surface area contributed by atoms with Gasteiger partial charge in [-0.15, -0.1) is 11.8 Å². The lowest BCUT2D eigenvalue weighted by Gasteiger charge is -2.15. The van der Waals surface area contributed by atoms with Crippen LogP contribution in [0.5, 0.6) is 0 Å². The standard InChI is InChI=1S/C13H12ClN3OS/c14-11-3-1-2-4-12(11)19-10-5-13(18)17(8-6-15)9-7-16/h1-4H,5,8-10H2. The van der Waals surface area contributed by atoms with Crippen molar-refractivity contribution in [1.29, 1.82) is 10.5 Å². The highest BCUT2D eigenvalue weighted by atomic mass is 35.5. The molecule has 19 heavy (non-hydrogen) atoms. The number of hydrogen-bond acceptors (Lipinski definition) is 4. The highest BCUT2D eigenvalue weighted by Crippen LogP contribution is 2.26. The quantitative estimate of drug-likeness (QED) is 0.597. The lowest BCUT2D eigenvalue weighted by molar-refractivity contribution is -0.129. The number of thioether (sulfide) groups is 1. The molecule has 1 amide bonds. The number of rotatable bonds is 6. The van der Waals surface area contributed by atoms with Crippen molar-refractivity contribution in [1.82, 2.24) is 4.90 Å². The average Bonchev–Trinajstić information content (AvgIpc) is 2.40. The molecule has 1 aromatic rings. The van der Waals surface area contributed by atoms with Gasteiger partial charge in [0.1, 0.15) is 13.1 Å². The number of benzene rings is 1. The van der Waals surface area contributed by atoms with E-state index in [1.54, 1.807) is 6.07 Å². The third kappa shape index (κ3) is 5.21. The van der Waals surface area contributed by atoms with Crippen molar-refractivity contribution in [3.63, 3.8) is 0 Å². The Morgan fingerprint density at radius 1 is 1.26 bits per heavy atom. The maximum absolute atomic E-state index is 11.8. The van der Waals surface area contributed by atoms with E-state index in [1.807, 2.05) is 30.3 Å². The Bertz CT molecular complexity index is 505. The van der Waals surface area contributed by atoms with Crippen molar-refractivity contribution >= 4 is 29.3 Å². The zero-order valence-electron chi connectivity index (χ0n) is 10.2. The van der Waals surface area contributed by atoms with Crippen LogP contribution < -0.4 is 0 Å². The molecule has 6 heteroatoms. The molecule has 0 aliphatic carbocycles. The van der Waals surface area contributed by atoms with Gasteiger partial charge < -0.3 is 4.90 Å². The molecule has 0 atom stereocenters. The van der Waals surface area contributed by atoms with E-state index in [1.165, 1.54) is 16.7 Å². The summed E-state index contributed by atoms with van der Waals surface area (Å²) in [6.07, 6.45) is 0.277. The number of nitrogens with zero attached hydrogens (tertiary/aromatic N) is 3. The lowest BCUT2D eigenvalue weighted by Crippen LogP contribution is -2.31. The Kier molecular flexibility index (Phi) is 6.81. The van der Waals surface area contributed by atoms with Crippen molar-refractivity contribution in [2.24, 2.45) is 0 Å². The predicted molar refractivity (Wildman–Crippen MR) is 74.6 cm³/mol. The van der Waals surface area contributed by atoms with E-state index >= 15 is 0 Å². The van der Waals surface area contributed by atoms with Crippen molar-refractivity contribution < 1.29 is 4.79 Å². The number of hydrogen-bond donors (Lipinski definition) is 0. The van der Waals surface area contributed by atoms with Crippen LogP contribution in [0.3, 0.4) is 0 Å². The van der Waals surface area contributed by atoms with Crippen molar-refractivity contribution in [2.45, 2.75) is 11.3 Å². The molecular weight excluding hydrogens is 282 g/mol. The third-order valence-electron chi connectivity index (χ3n) is 2.29. The van der Waals surface area contributed by atoms with Crippen LogP contribution >= 0.6 is 23.4 Å². The van der Waals surface area contributed by atoms with E-state index in [9.17, 15) is 4.79 Å². The third-order valence-corrected chi connectivity index (χ3v) is 3.80. The van der Waals surface area contributed by atoms with E-state index in [0.717, 1.165) is 4.90 Å². The SMILES string of the molecule is N#CCN(CC#N)C(=O)CCSc1ccccc1Cl. The van der Waals surface area contributed by atoms with Crippen LogP contribution in [0.25, 0.3) is 0 Å². The van der Waals surface area contributed by atoms with E-state index in [4.69, 9.17) is 22.1 Å². The fourth-order valence-electron chi connectivity index (χ4n) is 1.37. The zero-order valence-corrected chi connectivity index (χ0v) is 11.7. The first kappa shape index (κ1) is 15.4. The normalized spacial score (nSPS) is 9.42. The lowest BCUT2D eigenvalue weighted by atomic mass is 10.4. The molecule has 0 bridgehead atoms. The monoisotopic (exact) mass is 293 g/mol. The van der Waals surface area contributed by atoms with Gasteiger partial charge in [-0.25, -0.2) is 0 Å². The predicted octanol–water partition coefficient (Wildman–Crippen LogP) is 2.70. The maximum atomic E-state index is 11.8. The number of carbonyl (C=O) groups is 1. The minimum absolute atomic E-state index is 0.0524. The molecule has 1 rings (SSSR count). The summed E-state index contributed by atoms with van der Waals surface area (Å²) in [5.41, 5.74) is 0. The van der Waals surface area contributed by atoms with Gasteiger partial charge in [-0.3, -0.25) is 4.79 Å². The molecule has 0 heterocycles. The smallest absolute Gasteiger partial charge is 0.225 e. The molecule has 0 aliphatic heterocycles. The van der Waals surface area contributed by atoms with E-state index < -0.39 is 0 Å². The summed E-state index contributed by atoms with van der Waals surface area (Å²) in [7, 11) is 0. The van der Waals surface area contributed by atoms with Gasteiger partial charge >= 0.3 is 0 Å². The summed E-state index contributed by atoms with van der Waals surface area (Å²) >= 11 is 7.48. The first-order valence-corrected chi connectivity index (χ1v) is 6.94. The molecule has 0 radical (unpaired) electrons. The summed E-state index contributed by atoms with van der Waals surface area (Å²) in [4.78, 5) is 13.9. The van der Waals surface area contributed by atoms with Crippen LogP contribution in [0, 0.1) is 22.7 Å². The Morgan fingerprint density at radius 2 is 1.89 bits per heavy atom. The molecule has 0 aromatic heterocycles. The zero-order chi connectivity index (χ0) is 14.1. The Balaban J connectivity index is 2.44. The summed E-state index contributed by atoms with van der Waals surface area (Å²) < 4.78 is 0. The second-order valence-electron chi connectivity index (χ2n) is 3.59. The van der Waals surface area contributed by atoms with Gasteiger partial charge in [-0.2, -0.15) is 10.5 Å². The molecule has 98 valence electrons. The molecule has 0 N–H and O–H groups in total. The first-order valence-electron chi connectivity index (χ1n) is 5.58. The van der Waals surface area contributed by atoms with E-state index in [-0.39, 0.29) is 25.4 Å². The van der Waals surface area contributed by atoms with Crippen LogP contribution in [0.2, 0.25) is 5.02 Å². The minimum atomic E-state index is -0.192. The van der Waals surface area contributed by atoms with Gasteiger partial charge in [0.25, 0.3) is 0 Å². The highest BCUT2D eigenvalue weighted by molar-refractivity contribution is 7.99.